The summed E-state index contributed by atoms with van der Waals surface area (Å²) in [5.74, 6) is 0.0174. The molecular formula is C27H21F3N4O. The predicted octanol–water partition coefficient (Wildman–Crippen LogP) is 7.20. The van der Waals surface area contributed by atoms with Crippen molar-refractivity contribution in [3.63, 3.8) is 0 Å². The molecular weight excluding hydrogens is 453 g/mol. The minimum atomic E-state index is -4.68. The third-order valence-corrected chi connectivity index (χ3v) is 5.67. The lowest BCUT2D eigenvalue weighted by molar-refractivity contribution is -0.141. The van der Waals surface area contributed by atoms with E-state index in [-0.39, 0.29) is 17.4 Å². The molecule has 35 heavy (non-hydrogen) atoms. The molecule has 5 rings (SSSR count). The first-order valence-corrected chi connectivity index (χ1v) is 10.9. The zero-order chi connectivity index (χ0) is 24.7. The highest BCUT2D eigenvalue weighted by atomic mass is 19.4. The monoisotopic (exact) mass is 474 g/mol. The van der Waals surface area contributed by atoms with Crippen molar-refractivity contribution >= 4 is 0 Å². The van der Waals surface area contributed by atoms with Crippen LogP contribution >= 0.6 is 0 Å². The molecule has 0 radical (unpaired) electrons. The van der Waals surface area contributed by atoms with Crippen molar-refractivity contribution in [1.82, 2.24) is 19.7 Å². The Morgan fingerprint density at radius 3 is 2.11 bits per heavy atom. The Kier molecular flexibility index (Phi) is 5.51. The van der Waals surface area contributed by atoms with Gasteiger partial charge in [-0.25, -0.2) is 9.97 Å². The molecule has 0 amide bonds. The Hall–Kier alpha value is -4.20. The molecule has 3 aromatic heterocycles. The van der Waals surface area contributed by atoms with Crippen LogP contribution in [0.1, 0.15) is 22.4 Å². The zero-order valence-corrected chi connectivity index (χ0v) is 19.3. The van der Waals surface area contributed by atoms with Crippen molar-refractivity contribution in [2.75, 3.05) is 0 Å². The molecule has 0 saturated carbocycles. The molecule has 5 nitrogen and oxygen atoms in total. The van der Waals surface area contributed by atoms with Gasteiger partial charge in [-0.15, -0.1) is 0 Å². The molecule has 0 N–H and O–H groups in total. The van der Waals surface area contributed by atoms with Crippen LogP contribution < -0.4 is 0 Å². The van der Waals surface area contributed by atoms with E-state index in [1.807, 2.05) is 69.3 Å². The van der Waals surface area contributed by atoms with Gasteiger partial charge in [0, 0.05) is 16.7 Å². The molecule has 0 aliphatic rings. The van der Waals surface area contributed by atoms with Crippen molar-refractivity contribution in [3.05, 3.63) is 95.4 Å². The number of hydrogen-bond acceptors (Lipinski definition) is 4. The van der Waals surface area contributed by atoms with Gasteiger partial charge in [0.15, 0.2) is 11.5 Å². The number of hydrogen-bond donors (Lipinski definition) is 0. The maximum atomic E-state index is 13.8. The second kappa shape index (κ2) is 8.54. The van der Waals surface area contributed by atoms with Gasteiger partial charge in [-0.05, 0) is 51.1 Å². The van der Waals surface area contributed by atoms with E-state index in [1.54, 1.807) is 12.1 Å². The first-order chi connectivity index (χ1) is 16.7. The molecule has 0 bridgehead atoms. The molecule has 0 saturated heterocycles. The van der Waals surface area contributed by atoms with Crippen LogP contribution in [0.3, 0.4) is 0 Å². The molecule has 0 aliphatic carbocycles. The van der Waals surface area contributed by atoms with Crippen molar-refractivity contribution in [3.8, 4) is 39.9 Å². The number of halogens is 3. The van der Waals surface area contributed by atoms with Gasteiger partial charge in [0.2, 0.25) is 0 Å². The highest BCUT2D eigenvalue weighted by Gasteiger charge is 2.35. The fourth-order valence-electron chi connectivity index (χ4n) is 4.06. The second-order valence-corrected chi connectivity index (χ2v) is 8.39. The topological polar surface area (TPSA) is 56.7 Å². The number of aromatic nitrogens is 4. The summed E-state index contributed by atoms with van der Waals surface area (Å²) in [4.78, 5) is 8.31. The lowest BCUT2D eigenvalue weighted by Gasteiger charge is -2.12. The fraction of sp³-hybridized carbons (Fsp3) is 0.148. The fourth-order valence-corrected chi connectivity index (χ4v) is 4.06. The van der Waals surface area contributed by atoms with Crippen LogP contribution in [0, 0.1) is 20.8 Å². The van der Waals surface area contributed by atoms with E-state index in [0.29, 0.717) is 11.4 Å². The average molecular weight is 474 g/mol. The van der Waals surface area contributed by atoms with Gasteiger partial charge in [0.25, 0.3) is 5.95 Å². The maximum Gasteiger partial charge on any atom is 0.433 e. The molecule has 5 aromatic rings. The van der Waals surface area contributed by atoms with Gasteiger partial charge in [-0.2, -0.15) is 23.0 Å². The summed E-state index contributed by atoms with van der Waals surface area (Å²) in [6.45, 7) is 5.83. The van der Waals surface area contributed by atoms with Crippen molar-refractivity contribution in [1.29, 1.82) is 0 Å². The third-order valence-electron chi connectivity index (χ3n) is 5.67. The number of furan rings is 1. The van der Waals surface area contributed by atoms with E-state index in [1.165, 1.54) is 10.9 Å². The zero-order valence-electron chi connectivity index (χ0n) is 19.3. The second-order valence-electron chi connectivity index (χ2n) is 8.39. The van der Waals surface area contributed by atoms with E-state index in [4.69, 9.17) is 9.52 Å². The minimum absolute atomic E-state index is 0.0211. The van der Waals surface area contributed by atoms with E-state index in [0.717, 1.165) is 33.9 Å². The summed E-state index contributed by atoms with van der Waals surface area (Å²) in [5, 5.41) is 4.74. The van der Waals surface area contributed by atoms with Gasteiger partial charge in [-0.3, -0.25) is 0 Å². The first-order valence-electron chi connectivity index (χ1n) is 10.9. The van der Waals surface area contributed by atoms with Gasteiger partial charge in [-0.1, -0.05) is 47.5 Å². The average Bonchev–Trinajstić information content (AvgIpc) is 3.47. The number of aryl methyl sites for hydroxylation is 2. The van der Waals surface area contributed by atoms with E-state index in [9.17, 15) is 13.2 Å². The van der Waals surface area contributed by atoms with Crippen molar-refractivity contribution in [2.24, 2.45) is 0 Å². The summed E-state index contributed by atoms with van der Waals surface area (Å²) in [7, 11) is 0. The van der Waals surface area contributed by atoms with E-state index < -0.39 is 11.9 Å². The van der Waals surface area contributed by atoms with E-state index >= 15 is 0 Å². The SMILES string of the molecule is Cc1cccc(-c2nn(-c3nc(-c4ccco4)cc(C(F)(F)F)n3)c(-c3cccc(C)c3)c2C)c1. The maximum absolute atomic E-state index is 13.8. The van der Waals surface area contributed by atoms with E-state index in [2.05, 4.69) is 9.97 Å². The number of alkyl halides is 3. The van der Waals surface area contributed by atoms with Crippen LogP contribution in [0.2, 0.25) is 0 Å². The van der Waals surface area contributed by atoms with Gasteiger partial charge in [0.05, 0.1) is 17.7 Å². The summed E-state index contributed by atoms with van der Waals surface area (Å²) >= 11 is 0. The molecule has 0 unspecified atom stereocenters. The Morgan fingerprint density at radius 2 is 1.49 bits per heavy atom. The Labute approximate surface area is 199 Å². The Balaban J connectivity index is 1.81. The third kappa shape index (κ3) is 4.35. The molecule has 3 heterocycles. The Bertz CT molecular complexity index is 1520. The van der Waals surface area contributed by atoms with Crippen molar-refractivity contribution < 1.29 is 17.6 Å². The number of rotatable bonds is 4. The molecule has 0 spiro atoms. The summed E-state index contributed by atoms with van der Waals surface area (Å²) in [5.41, 5.74) is 4.73. The minimum Gasteiger partial charge on any atom is -0.463 e. The van der Waals surface area contributed by atoms with Crippen LogP contribution in [-0.2, 0) is 6.18 Å². The lowest BCUT2D eigenvalue weighted by atomic mass is 10.0. The summed E-state index contributed by atoms with van der Waals surface area (Å²) < 4.78 is 48.2. The van der Waals surface area contributed by atoms with Crippen LogP contribution in [0.4, 0.5) is 13.2 Å². The highest BCUT2D eigenvalue weighted by molar-refractivity contribution is 5.76. The predicted molar refractivity (Wildman–Crippen MR) is 127 cm³/mol. The first kappa shape index (κ1) is 22.6. The summed E-state index contributed by atoms with van der Waals surface area (Å²) in [6, 6.07) is 19.5. The largest absolute Gasteiger partial charge is 0.463 e. The Morgan fingerprint density at radius 1 is 0.800 bits per heavy atom. The lowest BCUT2D eigenvalue weighted by Crippen LogP contribution is -2.14. The quantitative estimate of drug-likeness (QED) is 0.276. The molecule has 0 aliphatic heterocycles. The number of nitrogens with zero attached hydrogens (tertiary/aromatic N) is 4. The molecule has 2 aromatic carbocycles. The van der Waals surface area contributed by atoms with Crippen molar-refractivity contribution in [2.45, 2.75) is 26.9 Å². The summed E-state index contributed by atoms with van der Waals surface area (Å²) in [6.07, 6.45) is -3.29. The standard InChI is InChI=1S/C27H21F3N4O/c1-16-7-4-9-19(13-16)24-18(3)25(20-10-5-8-17(2)14-20)34(33-24)26-31-21(22-11-6-12-35-22)15-23(32-26)27(28,29)30/h4-15H,1-3H3. The van der Waals surface area contributed by atoms with Crippen LogP contribution in [0.25, 0.3) is 39.9 Å². The molecule has 0 fully saturated rings. The highest BCUT2D eigenvalue weighted by Crippen LogP contribution is 2.36. The molecule has 0 atom stereocenters. The van der Waals surface area contributed by atoms with Crippen LogP contribution in [0.5, 0.6) is 0 Å². The van der Waals surface area contributed by atoms with Crippen LogP contribution in [-0.4, -0.2) is 19.7 Å². The molecule has 176 valence electrons. The smallest absolute Gasteiger partial charge is 0.433 e. The van der Waals surface area contributed by atoms with Gasteiger partial charge < -0.3 is 4.42 Å². The number of benzene rings is 2. The van der Waals surface area contributed by atoms with Gasteiger partial charge >= 0.3 is 6.18 Å². The molecule has 8 heteroatoms. The van der Waals surface area contributed by atoms with Crippen LogP contribution in [0.15, 0.2) is 77.4 Å². The van der Waals surface area contributed by atoms with Gasteiger partial charge in [0.1, 0.15) is 5.69 Å². The normalized spacial score (nSPS) is 11.7.